The molecule has 0 aliphatic carbocycles. The molecule has 0 unspecified atom stereocenters. The van der Waals surface area contributed by atoms with Crippen molar-refractivity contribution >= 4 is 5.69 Å². The second kappa shape index (κ2) is 5.78. The van der Waals surface area contributed by atoms with E-state index in [-0.39, 0.29) is 6.54 Å². The van der Waals surface area contributed by atoms with E-state index in [9.17, 15) is 13.2 Å². The van der Waals surface area contributed by atoms with Gasteiger partial charge in [0.1, 0.15) is 0 Å². The number of aryl methyl sites for hydroxylation is 1. The molecule has 0 aromatic heterocycles. The number of benzene rings is 2. The van der Waals surface area contributed by atoms with Crippen LogP contribution in [0.25, 0.3) is 0 Å². The molecular weight excluding hydrogens is 251 g/mol. The molecule has 0 heterocycles. The molecule has 0 aliphatic heterocycles. The van der Waals surface area contributed by atoms with Crippen LogP contribution in [0.3, 0.4) is 0 Å². The van der Waals surface area contributed by atoms with Crippen LogP contribution in [-0.2, 0) is 13.0 Å². The molecule has 2 rings (SSSR count). The number of halogens is 3. The van der Waals surface area contributed by atoms with E-state index in [1.54, 1.807) is 0 Å². The number of hydrogen-bond acceptors (Lipinski definition) is 1. The molecule has 2 aromatic carbocycles. The first-order valence-electron chi connectivity index (χ1n) is 6.06. The van der Waals surface area contributed by atoms with Gasteiger partial charge >= 0.3 is 0 Å². The zero-order valence-electron chi connectivity index (χ0n) is 10.5. The molecule has 0 fully saturated rings. The molecule has 1 N–H and O–H groups in total. The van der Waals surface area contributed by atoms with Crippen LogP contribution in [0.15, 0.2) is 36.4 Å². The Labute approximate surface area is 110 Å². The van der Waals surface area contributed by atoms with E-state index < -0.39 is 17.5 Å². The molecule has 19 heavy (non-hydrogen) atoms. The van der Waals surface area contributed by atoms with E-state index in [1.165, 1.54) is 5.56 Å². The van der Waals surface area contributed by atoms with Crippen molar-refractivity contribution in [3.63, 3.8) is 0 Å². The molecule has 0 spiro atoms. The second-order valence-corrected chi connectivity index (χ2v) is 4.28. The smallest absolute Gasteiger partial charge is 0.194 e. The molecule has 0 saturated heterocycles. The van der Waals surface area contributed by atoms with Crippen molar-refractivity contribution in [1.29, 1.82) is 0 Å². The molecule has 0 atom stereocenters. The highest BCUT2D eigenvalue weighted by Crippen LogP contribution is 2.16. The monoisotopic (exact) mass is 265 g/mol. The van der Waals surface area contributed by atoms with Crippen molar-refractivity contribution in [3.8, 4) is 0 Å². The fourth-order valence-corrected chi connectivity index (χ4v) is 1.82. The van der Waals surface area contributed by atoms with Crippen LogP contribution in [0.2, 0.25) is 0 Å². The number of rotatable bonds is 4. The minimum absolute atomic E-state index is 0.237. The molecule has 1 nitrogen and oxygen atoms in total. The molecule has 2 aromatic rings. The fraction of sp³-hybridized carbons (Fsp3) is 0.200. The number of nitrogens with one attached hydrogen (secondary N) is 1. The third kappa shape index (κ3) is 3.28. The lowest BCUT2D eigenvalue weighted by Gasteiger charge is -2.08. The summed E-state index contributed by atoms with van der Waals surface area (Å²) in [7, 11) is 0. The van der Waals surface area contributed by atoms with E-state index in [2.05, 4.69) is 5.32 Å². The maximum Gasteiger partial charge on any atom is 0.194 e. The van der Waals surface area contributed by atoms with Gasteiger partial charge in [0.2, 0.25) is 0 Å². The lowest BCUT2D eigenvalue weighted by Crippen LogP contribution is -2.02. The Hall–Kier alpha value is -1.97. The van der Waals surface area contributed by atoms with Crippen molar-refractivity contribution in [2.24, 2.45) is 0 Å². The minimum atomic E-state index is -1.43. The highest BCUT2D eigenvalue weighted by atomic mass is 19.2. The summed E-state index contributed by atoms with van der Waals surface area (Å²) in [6.45, 7) is 2.28. The Morgan fingerprint density at radius 1 is 0.947 bits per heavy atom. The first-order chi connectivity index (χ1) is 9.10. The second-order valence-electron chi connectivity index (χ2n) is 4.28. The van der Waals surface area contributed by atoms with Crippen LogP contribution < -0.4 is 5.32 Å². The van der Waals surface area contributed by atoms with Gasteiger partial charge in [-0.15, -0.1) is 0 Å². The van der Waals surface area contributed by atoms with E-state index in [1.807, 2.05) is 31.2 Å². The van der Waals surface area contributed by atoms with Crippen LogP contribution in [0.5, 0.6) is 0 Å². The van der Waals surface area contributed by atoms with Crippen LogP contribution in [-0.4, -0.2) is 0 Å². The summed E-state index contributed by atoms with van der Waals surface area (Å²) in [5, 5.41) is 3.05. The standard InChI is InChI=1S/C15H14F3N/c1-2-10-4-3-5-12(6-10)19-9-11-7-13(16)15(18)14(17)8-11/h3-8,19H,2,9H2,1H3. The predicted octanol–water partition coefficient (Wildman–Crippen LogP) is 4.28. The van der Waals surface area contributed by atoms with Gasteiger partial charge in [0.25, 0.3) is 0 Å². The summed E-state index contributed by atoms with van der Waals surface area (Å²) in [4.78, 5) is 0. The first kappa shape index (κ1) is 13.5. The van der Waals surface area contributed by atoms with Crippen molar-refractivity contribution < 1.29 is 13.2 Å². The van der Waals surface area contributed by atoms with Crippen LogP contribution >= 0.6 is 0 Å². The molecular formula is C15H14F3N. The Bertz CT molecular complexity index is 558. The maximum atomic E-state index is 13.0. The summed E-state index contributed by atoms with van der Waals surface area (Å²) in [5.41, 5.74) is 2.39. The van der Waals surface area contributed by atoms with E-state index in [4.69, 9.17) is 0 Å². The molecule has 0 bridgehead atoms. The summed E-state index contributed by atoms with van der Waals surface area (Å²) < 4.78 is 38.9. The van der Waals surface area contributed by atoms with Gasteiger partial charge in [-0.2, -0.15) is 0 Å². The lowest BCUT2D eigenvalue weighted by atomic mass is 10.1. The van der Waals surface area contributed by atoms with Gasteiger partial charge in [-0.25, -0.2) is 13.2 Å². The molecule has 100 valence electrons. The zero-order chi connectivity index (χ0) is 13.8. The number of hydrogen-bond donors (Lipinski definition) is 1. The van der Waals surface area contributed by atoms with E-state index in [0.717, 1.165) is 24.2 Å². The SMILES string of the molecule is CCc1cccc(NCc2cc(F)c(F)c(F)c2)c1. The molecule has 0 saturated carbocycles. The Kier molecular flexibility index (Phi) is 4.10. The van der Waals surface area contributed by atoms with Gasteiger partial charge in [-0.3, -0.25) is 0 Å². The van der Waals surface area contributed by atoms with Gasteiger partial charge < -0.3 is 5.32 Å². The van der Waals surface area contributed by atoms with Crippen LogP contribution in [0, 0.1) is 17.5 Å². The van der Waals surface area contributed by atoms with Gasteiger partial charge in [0.15, 0.2) is 17.5 Å². The largest absolute Gasteiger partial charge is 0.381 e. The molecule has 4 heteroatoms. The van der Waals surface area contributed by atoms with Gasteiger partial charge in [0, 0.05) is 12.2 Å². The Balaban J connectivity index is 2.10. The molecule has 0 aliphatic rings. The minimum Gasteiger partial charge on any atom is -0.381 e. The van der Waals surface area contributed by atoms with E-state index >= 15 is 0 Å². The quantitative estimate of drug-likeness (QED) is 0.814. The van der Waals surface area contributed by atoms with Crippen LogP contribution in [0.4, 0.5) is 18.9 Å². The normalized spacial score (nSPS) is 10.5. The summed E-state index contributed by atoms with van der Waals surface area (Å²) in [6, 6.07) is 9.74. The van der Waals surface area contributed by atoms with Gasteiger partial charge in [0.05, 0.1) is 0 Å². The molecule has 0 radical (unpaired) electrons. The van der Waals surface area contributed by atoms with Gasteiger partial charge in [-0.05, 0) is 41.8 Å². The highest BCUT2D eigenvalue weighted by molar-refractivity contribution is 5.46. The van der Waals surface area contributed by atoms with Gasteiger partial charge in [-0.1, -0.05) is 19.1 Å². The third-order valence-electron chi connectivity index (χ3n) is 2.88. The lowest BCUT2D eigenvalue weighted by molar-refractivity contribution is 0.445. The highest BCUT2D eigenvalue weighted by Gasteiger charge is 2.10. The maximum absolute atomic E-state index is 13.0. The average Bonchev–Trinajstić information content (AvgIpc) is 2.42. The molecule has 0 amide bonds. The van der Waals surface area contributed by atoms with Crippen molar-refractivity contribution in [3.05, 3.63) is 65.0 Å². The summed E-state index contributed by atoms with van der Waals surface area (Å²) >= 11 is 0. The summed E-state index contributed by atoms with van der Waals surface area (Å²) in [5.74, 6) is -3.77. The first-order valence-corrected chi connectivity index (χ1v) is 6.06. The van der Waals surface area contributed by atoms with Crippen molar-refractivity contribution in [1.82, 2.24) is 0 Å². The fourth-order valence-electron chi connectivity index (χ4n) is 1.82. The van der Waals surface area contributed by atoms with Crippen LogP contribution in [0.1, 0.15) is 18.1 Å². The third-order valence-corrected chi connectivity index (χ3v) is 2.88. The number of anilines is 1. The van der Waals surface area contributed by atoms with E-state index in [0.29, 0.717) is 5.56 Å². The topological polar surface area (TPSA) is 12.0 Å². The Morgan fingerprint density at radius 2 is 1.63 bits per heavy atom. The summed E-state index contributed by atoms with van der Waals surface area (Å²) in [6.07, 6.45) is 0.912. The predicted molar refractivity (Wildman–Crippen MR) is 69.5 cm³/mol. The zero-order valence-corrected chi connectivity index (χ0v) is 10.5. The van der Waals surface area contributed by atoms with Crippen molar-refractivity contribution in [2.45, 2.75) is 19.9 Å². The Morgan fingerprint density at radius 3 is 2.26 bits per heavy atom. The van der Waals surface area contributed by atoms with Crippen molar-refractivity contribution in [2.75, 3.05) is 5.32 Å². The average molecular weight is 265 g/mol.